The van der Waals surface area contributed by atoms with E-state index < -0.39 is 40.3 Å². The van der Waals surface area contributed by atoms with Crippen LogP contribution in [-0.4, -0.2) is 23.7 Å². The van der Waals surface area contributed by atoms with Crippen molar-refractivity contribution in [2.45, 2.75) is 17.0 Å². The van der Waals surface area contributed by atoms with Crippen molar-refractivity contribution in [3.05, 3.63) is 28.8 Å². The first-order chi connectivity index (χ1) is 8.84. The molecule has 1 aromatic carbocycles. The molecule has 102 valence electrons. The molecule has 0 heterocycles. The number of hydrogen-bond acceptors (Lipinski definition) is 5. The molecule has 0 amide bonds. The normalized spacial score (nSPS) is 10.9. The summed E-state index contributed by atoms with van der Waals surface area (Å²) in [6.45, 7) is -0.672. The van der Waals surface area contributed by atoms with Gasteiger partial charge in [-0.1, -0.05) is 6.07 Å². The fourth-order valence-corrected chi connectivity index (χ4v) is 2.13. The number of ether oxygens (including phenoxy) is 1. The van der Waals surface area contributed by atoms with Crippen LogP contribution in [0.15, 0.2) is 17.0 Å². The Morgan fingerprint density at radius 1 is 1.53 bits per heavy atom. The maximum absolute atomic E-state index is 12.4. The third-order valence-electron chi connectivity index (χ3n) is 2.14. The maximum atomic E-state index is 12.4. The summed E-state index contributed by atoms with van der Waals surface area (Å²) >= 11 is -0.545. The molecule has 4 nitrogen and oxygen atoms in total. The molecule has 0 atom stereocenters. The second-order valence-corrected chi connectivity index (χ2v) is 4.36. The molecular weight excluding hydrogens is 283 g/mol. The number of nitrogens with zero attached hydrogens (tertiary/aromatic N) is 1. The average Bonchev–Trinajstić information content (AvgIpc) is 2.35. The third-order valence-corrected chi connectivity index (χ3v) is 3.05. The summed E-state index contributed by atoms with van der Waals surface area (Å²) < 4.78 is 41.7. The highest BCUT2D eigenvalue weighted by Gasteiger charge is 2.33. The molecule has 1 aromatic rings. The number of aliphatic hydroxyl groups excluding tert-OH is 1. The lowest BCUT2D eigenvalue weighted by Gasteiger charge is -2.13. The van der Waals surface area contributed by atoms with Crippen LogP contribution in [-0.2, 0) is 11.3 Å². The SMILES string of the molecule is COC(=O)c1ccc(CO)c(SC(F)(F)F)c1C#N. The molecular formula is C11H8F3NO3S. The van der Waals surface area contributed by atoms with Gasteiger partial charge in [0, 0.05) is 4.90 Å². The van der Waals surface area contributed by atoms with Crippen molar-refractivity contribution < 1.29 is 27.8 Å². The lowest BCUT2D eigenvalue weighted by Crippen LogP contribution is -2.09. The van der Waals surface area contributed by atoms with Gasteiger partial charge >= 0.3 is 11.5 Å². The zero-order chi connectivity index (χ0) is 14.6. The minimum Gasteiger partial charge on any atom is -0.465 e. The number of alkyl halides is 3. The van der Waals surface area contributed by atoms with Gasteiger partial charge in [0.05, 0.1) is 24.8 Å². The number of rotatable bonds is 3. The Bertz CT molecular complexity index is 537. The number of carbonyl (C=O) groups excluding carboxylic acids is 1. The van der Waals surface area contributed by atoms with Crippen LogP contribution >= 0.6 is 11.8 Å². The van der Waals surface area contributed by atoms with E-state index in [1.165, 1.54) is 0 Å². The van der Waals surface area contributed by atoms with Gasteiger partial charge in [-0.05, 0) is 23.4 Å². The number of nitriles is 1. The summed E-state index contributed by atoms with van der Waals surface area (Å²) in [6.07, 6.45) is 0. The molecule has 0 aliphatic carbocycles. The Morgan fingerprint density at radius 3 is 2.58 bits per heavy atom. The lowest BCUT2D eigenvalue weighted by atomic mass is 10.0. The van der Waals surface area contributed by atoms with Crippen molar-refractivity contribution in [2.75, 3.05) is 7.11 Å². The quantitative estimate of drug-likeness (QED) is 0.684. The molecule has 0 spiro atoms. The first-order valence-corrected chi connectivity index (χ1v) is 5.66. The molecule has 19 heavy (non-hydrogen) atoms. The predicted octanol–water partition coefficient (Wildman–Crippen LogP) is 2.45. The van der Waals surface area contributed by atoms with Crippen molar-refractivity contribution in [1.82, 2.24) is 0 Å². The molecule has 0 saturated heterocycles. The highest BCUT2D eigenvalue weighted by Crippen LogP contribution is 2.41. The van der Waals surface area contributed by atoms with E-state index in [0.717, 1.165) is 19.2 Å². The predicted molar refractivity (Wildman–Crippen MR) is 60.3 cm³/mol. The Balaban J connectivity index is 3.47. The minimum atomic E-state index is -4.63. The van der Waals surface area contributed by atoms with Gasteiger partial charge in [-0.3, -0.25) is 0 Å². The van der Waals surface area contributed by atoms with E-state index >= 15 is 0 Å². The van der Waals surface area contributed by atoms with Crippen LogP contribution in [0.4, 0.5) is 13.2 Å². The summed E-state index contributed by atoms with van der Waals surface area (Å²) in [5.41, 5.74) is -5.44. The Labute approximate surface area is 110 Å². The molecule has 1 rings (SSSR count). The molecule has 0 aliphatic heterocycles. The van der Waals surface area contributed by atoms with Crippen LogP contribution in [0.5, 0.6) is 0 Å². The van der Waals surface area contributed by atoms with Crippen molar-refractivity contribution in [1.29, 1.82) is 5.26 Å². The van der Waals surface area contributed by atoms with Crippen molar-refractivity contribution in [3.63, 3.8) is 0 Å². The number of benzene rings is 1. The van der Waals surface area contributed by atoms with Gasteiger partial charge in [0.2, 0.25) is 0 Å². The zero-order valence-corrected chi connectivity index (χ0v) is 10.4. The van der Waals surface area contributed by atoms with Crippen molar-refractivity contribution in [3.8, 4) is 6.07 Å². The summed E-state index contributed by atoms with van der Waals surface area (Å²) in [7, 11) is 1.06. The number of carbonyl (C=O) groups is 1. The topological polar surface area (TPSA) is 70.3 Å². The number of aliphatic hydroxyl groups is 1. The van der Waals surface area contributed by atoms with E-state index in [9.17, 15) is 18.0 Å². The van der Waals surface area contributed by atoms with E-state index in [2.05, 4.69) is 4.74 Å². The molecule has 8 heteroatoms. The van der Waals surface area contributed by atoms with Gasteiger partial charge in [-0.2, -0.15) is 18.4 Å². The number of halogens is 3. The van der Waals surface area contributed by atoms with E-state index in [-0.39, 0.29) is 11.1 Å². The van der Waals surface area contributed by atoms with Gasteiger partial charge in [-0.25, -0.2) is 4.79 Å². The van der Waals surface area contributed by atoms with E-state index in [1.807, 2.05) is 0 Å². The minimum absolute atomic E-state index is 0.0773. The van der Waals surface area contributed by atoms with Crippen LogP contribution in [0.1, 0.15) is 21.5 Å². The van der Waals surface area contributed by atoms with E-state index in [4.69, 9.17) is 10.4 Å². The van der Waals surface area contributed by atoms with Gasteiger partial charge in [-0.15, -0.1) is 0 Å². The fourth-order valence-electron chi connectivity index (χ4n) is 1.37. The molecule has 0 radical (unpaired) electrons. The fraction of sp³-hybridized carbons (Fsp3) is 0.273. The zero-order valence-electron chi connectivity index (χ0n) is 9.61. The van der Waals surface area contributed by atoms with Gasteiger partial charge in [0.25, 0.3) is 0 Å². The maximum Gasteiger partial charge on any atom is 0.446 e. The van der Waals surface area contributed by atoms with Crippen LogP contribution in [0.25, 0.3) is 0 Å². The largest absolute Gasteiger partial charge is 0.465 e. The Morgan fingerprint density at radius 2 is 2.16 bits per heavy atom. The number of esters is 1. The molecule has 0 saturated carbocycles. The van der Waals surface area contributed by atoms with Gasteiger partial charge in [0.1, 0.15) is 6.07 Å². The Hall–Kier alpha value is -1.72. The van der Waals surface area contributed by atoms with Crippen LogP contribution in [0.2, 0.25) is 0 Å². The summed E-state index contributed by atoms with van der Waals surface area (Å²) in [5, 5.41) is 18.0. The molecule has 0 bridgehead atoms. The number of hydrogen-bond donors (Lipinski definition) is 1. The highest BCUT2D eigenvalue weighted by atomic mass is 32.2. The molecule has 1 N–H and O–H groups in total. The highest BCUT2D eigenvalue weighted by molar-refractivity contribution is 8.00. The van der Waals surface area contributed by atoms with Crippen molar-refractivity contribution >= 4 is 17.7 Å². The second-order valence-electron chi connectivity index (χ2n) is 3.29. The molecule has 0 fully saturated rings. The second kappa shape index (κ2) is 5.95. The molecule has 0 unspecified atom stereocenters. The van der Waals surface area contributed by atoms with Crippen LogP contribution in [0.3, 0.4) is 0 Å². The van der Waals surface area contributed by atoms with Gasteiger partial charge in [0.15, 0.2) is 0 Å². The standard InChI is InChI=1S/C11H8F3NO3S/c1-18-10(17)7-3-2-6(5-16)9(8(7)4-15)19-11(12,13)14/h2-3,16H,5H2,1H3. The van der Waals surface area contributed by atoms with Gasteiger partial charge < -0.3 is 9.84 Å². The lowest BCUT2D eigenvalue weighted by molar-refractivity contribution is -0.0328. The average molecular weight is 291 g/mol. The number of thioether (sulfide) groups is 1. The summed E-state index contributed by atoms with van der Waals surface area (Å²) in [4.78, 5) is 10.9. The number of methoxy groups -OCH3 is 1. The van der Waals surface area contributed by atoms with E-state index in [1.54, 1.807) is 6.07 Å². The van der Waals surface area contributed by atoms with Crippen LogP contribution in [0, 0.1) is 11.3 Å². The Kier molecular flexibility index (Phi) is 4.80. The van der Waals surface area contributed by atoms with E-state index in [0.29, 0.717) is 0 Å². The van der Waals surface area contributed by atoms with Crippen LogP contribution < -0.4 is 0 Å². The molecule has 0 aromatic heterocycles. The summed E-state index contributed by atoms with van der Waals surface area (Å²) in [6, 6.07) is 3.85. The third kappa shape index (κ3) is 3.62. The first kappa shape index (κ1) is 15.3. The van der Waals surface area contributed by atoms with Crippen molar-refractivity contribution in [2.24, 2.45) is 0 Å². The first-order valence-electron chi connectivity index (χ1n) is 4.85. The molecule has 0 aliphatic rings. The summed E-state index contributed by atoms with van der Waals surface area (Å²) in [5.74, 6) is -0.912. The smallest absolute Gasteiger partial charge is 0.446 e. The monoisotopic (exact) mass is 291 g/mol.